The van der Waals surface area contributed by atoms with Gasteiger partial charge >= 0.3 is 6.03 Å². The smallest absolute Gasteiger partial charge is 0.327 e. The lowest BCUT2D eigenvalue weighted by atomic mass is 9.93. The normalized spacial score (nSPS) is 15.4. The third-order valence-corrected chi connectivity index (χ3v) is 6.48. The SMILES string of the molecule is CC(C)N1CCC(Oc2ccc(C(=O)Nc3ccc(N(C)C(=O)Nc4cc(C(C)(C)C)on4)cc3)nc2)C1.CS(=O)(=O)O. The Bertz CT molecular complexity index is 1470. The van der Waals surface area contributed by atoms with Gasteiger partial charge in [0.1, 0.15) is 23.3 Å². The van der Waals surface area contributed by atoms with E-state index in [-0.39, 0.29) is 29.2 Å². The highest BCUT2D eigenvalue weighted by Gasteiger charge is 2.26. The molecule has 1 saturated heterocycles. The number of amides is 3. The summed E-state index contributed by atoms with van der Waals surface area (Å²) in [5.41, 5.74) is 1.30. The molecule has 3 heterocycles. The maximum Gasteiger partial charge on any atom is 0.327 e. The van der Waals surface area contributed by atoms with Crippen molar-refractivity contribution in [3.63, 3.8) is 0 Å². The van der Waals surface area contributed by atoms with Crippen LogP contribution < -0.4 is 20.3 Å². The van der Waals surface area contributed by atoms with E-state index in [1.807, 2.05) is 20.8 Å². The molecule has 0 radical (unpaired) electrons. The average Bonchev–Trinajstić information content (AvgIpc) is 3.58. The first-order chi connectivity index (χ1) is 20.0. The highest BCUT2D eigenvalue weighted by Crippen LogP contribution is 2.25. The second-order valence-electron chi connectivity index (χ2n) is 11.5. The fraction of sp³-hybridized carbons (Fsp3) is 0.448. The molecule has 1 aromatic carbocycles. The topological polar surface area (TPSA) is 167 Å². The Morgan fingerprint density at radius 2 is 1.79 bits per heavy atom. The molecule has 1 aliphatic heterocycles. The Kier molecular flexibility index (Phi) is 10.9. The number of rotatable bonds is 7. The number of carbonyl (C=O) groups is 2. The van der Waals surface area contributed by atoms with Crippen LogP contribution in [0.1, 0.15) is 57.3 Å². The number of nitrogens with one attached hydrogen (secondary N) is 2. The Hall–Kier alpha value is -4.01. The molecule has 1 fully saturated rings. The standard InChI is InChI=1S/C28H36N6O4.CH4O3S/c1-18(2)34-14-13-22(17-34)37-21-11-12-23(29-16-21)26(35)30-19-7-9-20(10-8-19)33(6)27(36)31-25-15-24(38-32-25)28(3,4)5;1-5(2,3)4/h7-12,15-16,18,22H,13-14,17H2,1-6H3,(H,30,35)(H,31,32,36);1H3,(H,2,3,4). The van der Waals surface area contributed by atoms with Gasteiger partial charge in [0.05, 0.1) is 12.5 Å². The molecule has 0 bridgehead atoms. The Labute approximate surface area is 252 Å². The van der Waals surface area contributed by atoms with E-state index in [0.29, 0.717) is 41.0 Å². The fourth-order valence-corrected chi connectivity index (χ4v) is 4.06. The van der Waals surface area contributed by atoms with E-state index in [2.05, 4.69) is 39.5 Å². The molecule has 2 aromatic heterocycles. The van der Waals surface area contributed by atoms with Crippen LogP contribution in [0.3, 0.4) is 0 Å². The summed E-state index contributed by atoms with van der Waals surface area (Å²) in [5, 5.41) is 9.47. The number of nitrogens with zero attached hydrogens (tertiary/aromatic N) is 4. The number of carbonyl (C=O) groups excluding carboxylic acids is 2. The van der Waals surface area contributed by atoms with Crippen LogP contribution in [-0.2, 0) is 15.5 Å². The van der Waals surface area contributed by atoms with Gasteiger partial charge in [-0.15, -0.1) is 0 Å². The van der Waals surface area contributed by atoms with E-state index < -0.39 is 10.1 Å². The molecule has 3 N–H and O–H groups in total. The molecule has 3 amide bonds. The Morgan fingerprint density at radius 1 is 1.14 bits per heavy atom. The van der Waals surface area contributed by atoms with Crippen molar-refractivity contribution in [3.8, 4) is 5.75 Å². The number of hydrogen-bond acceptors (Lipinski definition) is 9. The van der Waals surface area contributed by atoms with Crippen molar-refractivity contribution >= 4 is 39.2 Å². The molecule has 0 saturated carbocycles. The van der Waals surface area contributed by atoms with Gasteiger partial charge in [-0.2, -0.15) is 8.42 Å². The van der Waals surface area contributed by atoms with Gasteiger partial charge < -0.3 is 14.6 Å². The molecule has 43 heavy (non-hydrogen) atoms. The molecular formula is C29H40N6O7S. The molecular weight excluding hydrogens is 576 g/mol. The van der Waals surface area contributed by atoms with Crippen molar-refractivity contribution in [2.45, 2.75) is 58.6 Å². The molecule has 0 aliphatic carbocycles. The monoisotopic (exact) mass is 616 g/mol. The molecule has 1 unspecified atom stereocenters. The third kappa shape index (κ3) is 10.6. The van der Waals surface area contributed by atoms with Crippen LogP contribution in [-0.4, -0.2) is 78.5 Å². The summed E-state index contributed by atoms with van der Waals surface area (Å²) in [6.07, 6.45) is 3.41. The van der Waals surface area contributed by atoms with Crippen molar-refractivity contribution < 1.29 is 31.8 Å². The van der Waals surface area contributed by atoms with Crippen molar-refractivity contribution in [3.05, 3.63) is 60.1 Å². The van der Waals surface area contributed by atoms with E-state index in [0.717, 1.165) is 19.5 Å². The quantitative estimate of drug-likeness (QED) is 0.318. The second-order valence-corrected chi connectivity index (χ2v) is 13.0. The number of urea groups is 1. The van der Waals surface area contributed by atoms with Crippen molar-refractivity contribution in [1.82, 2.24) is 15.0 Å². The highest BCUT2D eigenvalue weighted by molar-refractivity contribution is 7.85. The number of anilines is 3. The van der Waals surface area contributed by atoms with Gasteiger partial charge in [-0.3, -0.25) is 24.5 Å². The molecule has 0 spiro atoms. The zero-order valence-corrected chi connectivity index (χ0v) is 26.3. The molecule has 1 atom stereocenters. The lowest BCUT2D eigenvalue weighted by Crippen LogP contribution is -2.31. The lowest BCUT2D eigenvalue weighted by molar-refractivity contribution is 0.102. The molecule has 4 rings (SSSR count). The average molecular weight is 617 g/mol. The summed E-state index contributed by atoms with van der Waals surface area (Å²) in [4.78, 5) is 33.4. The predicted molar refractivity (Wildman–Crippen MR) is 164 cm³/mol. The van der Waals surface area contributed by atoms with Gasteiger partial charge in [-0.1, -0.05) is 25.9 Å². The molecule has 14 heteroatoms. The van der Waals surface area contributed by atoms with Crippen LogP contribution in [0.15, 0.2) is 53.2 Å². The van der Waals surface area contributed by atoms with Gasteiger partial charge in [0, 0.05) is 49.0 Å². The summed E-state index contributed by atoms with van der Waals surface area (Å²) in [6.45, 7) is 12.3. The number of pyridine rings is 1. The van der Waals surface area contributed by atoms with E-state index in [1.54, 1.807) is 55.7 Å². The first-order valence-corrected chi connectivity index (χ1v) is 15.6. The predicted octanol–water partition coefficient (Wildman–Crippen LogP) is 4.65. The molecule has 3 aromatic rings. The van der Waals surface area contributed by atoms with Gasteiger partial charge in [0.15, 0.2) is 5.82 Å². The van der Waals surface area contributed by atoms with Gasteiger partial charge in [0.2, 0.25) is 0 Å². The van der Waals surface area contributed by atoms with Crippen LogP contribution in [0.25, 0.3) is 0 Å². The van der Waals surface area contributed by atoms with Gasteiger partial charge in [0.25, 0.3) is 16.0 Å². The summed E-state index contributed by atoms with van der Waals surface area (Å²) < 4.78 is 37.2. The van der Waals surface area contributed by atoms with E-state index in [9.17, 15) is 18.0 Å². The molecule has 13 nitrogen and oxygen atoms in total. The van der Waals surface area contributed by atoms with Crippen LogP contribution in [0, 0.1) is 0 Å². The number of likely N-dealkylation sites (tertiary alicyclic amines) is 1. The Morgan fingerprint density at radius 3 is 2.30 bits per heavy atom. The fourth-order valence-electron chi connectivity index (χ4n) is 4.06. The summed E-state index contributed by atoms with van der Waals surface area (Å²) in [7, 11) is -2.02. The van der Waals surface area contributed by atoms with Gasteiger partial charge in [-0.25, -0.2) is 9.78 Å². The lowest BCUT2D eigenvalue weighted by Gasteiger charge is -2.20. The van der Waals surface area contributed by atoms with E-state index in [4.69, 9.17) is 13.8 Å². The largest absolute Gasteiger partial charge is 0.487 e. The van der Waals surface area contributed by atoms with Crippen LogP contribution in [0.2, 0.25) is 0 Å². The second kappa shape index (κ2) is 14.0. The number of benzene rings is 1. The zero-order valence-electron chi connectivity index (χ0n) is 25.5. The minimum absolute atomic E-state index is 0.134. The van der Waals surface area contributed by atoms with Crippen molar-refractivity contribution in [2.75, 3.05) is 41.9 Å². The zero-order chi connectivity index (χ0) is 31.9. The number of hydrogen-bond donors (Lipinski definition) is 3. The minimum atomic E-state index is -3.67. The van der Waals surface area contributed by atoms with Crippen LogP contribution in [0.5, 0.6) is 5.75 Å². The van der Waals surface area contributed by atoms with Crippen LogP contribution >= 0.6 is 0 Å². The minimum Gasteiger partial charge on any atom is -0.487 e. The molecule has 234 valence electrons. The number of ether oxygens (including phenoxy) is 1. The Balaban J connectivity index is 0.000000934. The van der Waals surface area contributed by atoms with Gasteiger partial charge in [-0.05, 0) is 56.7 Å². The van der Waals surface area contributed by atoms with E-state index in [1.165, 1.54) is 4.90 Å². The van der Waals surface area contributed by atoms with Crippen molar-refractivity contribution in [1.29, 1.82) is 0 Å². The van der Waals surface area contributed by atoms with Crippen molar-refractivity contribution in [2.24, 2.45) is 0 Å². The third-order valence-electron chi connectivity index (χ3n) is 6.48. The summed E-state index contributed by atoms with van der Waals surface area (Å²) in [5.74, 6) is 1.35. The maximum atomic E-state index is 12.7. The maximum absolute atomic E-state index is 12.7. The van der Waals surface area contributed by atoms with Crippen LogP contribution in [0.4, 0.5) is 22.0 Å². The molecule has 1 aliphatic rings. The number of aromatic nitrogens is 2. The first kappa shape index (κ1) is 33.5. The summed E-state index contributed by atoms with van der Waals surface area (Å²) in [6, 6.07) is 12.2. The summed E-state index contributed by atoms with van der Waals surface area (Å²) >= 11 is 0. The first-order valence-electron chi connectivity index (χ1n) is 13.7. The van der Waals surface area contributed by atoms with E-state index >= 15 is 0 Å². The highest BCUT2D eigenvalue weighted by atomic mass is 32.2.